The van der Waals surface area contributed by atoms with Crippen molar-refractivity contribution < 1.29 is 9.31 Å². The average Bonchev–Trinajstić information content (AvgIpc) is 2.51. The molecule has 0 aromatic carbocycles. The number of nitrogens with one attached hydrogen (secondary N) is 1. The van der Waals surface area contributed by atoms with Crippen LogP contribution in [-0.4, -0.2) is 48.4 Å². The van der Waals surface area contributed by atoms with Crippen molar-refractivity contribution in [2.75, 3.05) is 26.3 Å². The summed E-state index contributed by atoms with van der Waals surface area (Å²) in [5.41, 5.74) is 0.731. The van der Waals surface area contributed by atoms with Gasteiger partial charge >= 0.3 is 7.12 Å². The maximum Gasteiger partial charge on any atom is 0.517 e. The highest BCUT2D eigenvalue weighted by molar-refractivity contribution is 6.60. The number of hydrogen-bond acceptors (Lipinski definition) is 5. The van der Waals surface area contributed by atoms with Crippen LogP contribution in [0.1, 0.15) is 0 Å². The standard InChI is InChI=1S/C7H13BN4O2/c1-12-10-6-7(11-12)8-13-4-2-9-3-5-14-8/h6,9H,2-5H2,1H3. The van der Waals surface area contributed by atoms with E-state index in [0.717, 1.165) is 18.7 Å². The van der Waals surface area contributed by atoms with Crippen molar-refractivity contribution in [2.24, 2.45) is 7.05 Å². The second-order valence-electron chi connectivity index (χ2n) is 3.08. The number of aryl methyl sites for hydroxylation is 1. The van der Waals surface area contributed by atoms with Crippen molar-refractivity contribution in [2.45, 2.75) is 0 Å². The third-order valence-corrected chi connectivity index (χ3v) is 1.95. The Hall–Kier alpha value is -0.915. The van der Waals surface area contributed by atoms with E-state index in [1.165, 1.54) is 4.80 Å². The Morgan fingerprint density at radius 1 is 1.43 bits per heavy atom. The molecule has 0 atom stereocenters. The Bertz CT molecular complexity index is 285. The van der Waals surface area contributed by atoms with Crippen LogP contribution in [0.3, 0.4) is 0 Å². The van der Waals surface area contributed by atoms with Gasteiger partial charge in [-0.1, -0.05) is 0 Å². The van der Waals surface area contributed by atoms with Gasteiger partial charge in [0.15, 0.2) is 0 Å². The molecule has 0 bridgehead atoms. The molecule has 2 heterocycles. The van der Waals surface area contributed by atoms with E-state index in [0.29, 0.717) is 13.2 Å². The summed E-state index contributed by atoms with van der Waals surface area (Å²) in [7, 11) is 1.40. The minimum absolute atomic E-state index is 0.370. The molecular formula is C7H13BN4O2. The second kappa shape index (κ2) is 4.54. The van der Waals surface area contributed by atoms with Gasteiger partial charge in [-0.2, -0.15) is 15.0 Å². The van der Waals surface area contributed by atoms with Gasteiger partial charge in [0.25, 0.3) is 0 Å². The molecule has 0 amide bonds. The van der Waals surface area contributed by atoms with E-state index < -0.39 is 0 Å². The molecule has 0 unspecified atom stereocenters. The van der Waals surface area contributed by atoms with Crippen molar-refractivity contribution >= 4 is 12.7 Å². The molecule has 2 rings (SSSR count). The zero-order valence-electron chi connectivity index (χ0n) is 8.14. The lowest BCUT2D eigenvalue weighted by Crippen LogP contribution is -2.43. The van der Waals surface area contributed by atoms with Crippen LogP contribution >= 0.6 is 0 Å². The van der Waals surface area contributed by atoms with E-state index in [2.05, 4.69) is 15.5 Å². The quantitative estimate of drug-likeness (QED) is 0.534. The minimum atomic E-state index is -0.370. The summed E-state index contributed by atoms with van der Waals surface area (Å²) in [6.45, 7) is 2.95. The predicted molar refractivity (Wildman–Crippen MR) is 51.2 cm³/mol. The van der Waals surface area contributed by atoms with Crippen LogP contribution in [0.4, 0.5) is 0 Å². The van der Waals surface area contributed by atoms with E-state index in [1.807, 2.05) is 0 Å². The highest BCUT2D eigenvalue weighted by atomic mass is 16.6. The SMILES string of the molecule is Cn1ncc(B2OCCNCCO2)n1. The first-order valence-electron chi connectivity index (χ1n) is 4.66. The summed E-state index contributed by atoms with van der Waals surface area (Å²) in [5, 5.41) is 11.3. The summed E-state index contributed by atoms with van der Waals surface area (Å²) in [6, 6.07) is 0. The number of aromatic nitrogens is 3. The monoisotopic (exact) mass is 196 g/mol. The van der Waals surface area contributed by atoms with Crippen molar-refractivity contribution in [1.29, 1.82) is 0 Å². The first-order chi connectivity index (χ1) is 6.86. The van der Waals surface area contributed by atoms with Gasteiger partial charge in [0.05, 0.1) is 6.20 Å². The van der Waals surface area contributed by atoms with Gasteiger partial charge in [-0.3, -0.25) is 0 Å². The molecule has 1 aliphatic rings. The Morgan fingerprint density at radius 2 is 2.14 bits per heavy atom. The second-order valence-corrected chi connectivity index (χ2v) is 3.08. The van der Waals surface area contributed by atoms with E-state index in [9.17, 15) is 0 Å². The molecule has 1 aliphatic heterocycles. The molecule has 0 aliphatic carbocycles. The topological polar surface area (TPSA) is 61.2 Å². The van der Waals surface area contributed by atoms with Crippen LogP contribution in [0.25, 0.3) is 0 Å². The predicted octanol–water partition coefficient (Wildman–Crippen LogP) is -1.85. The van der Waals surface area contributed by atoms with Gasteiger partial charge in [0.2, 0.25) is 0 Å². The summed E-state index contributed by atoms with van der Waals surface area (Å²) in [6.07, 6.45) is 1.67. The zero-order valence-corrected chi connectivity index (χ0v) is 8.14. The Labute approximate surface area is 82.7 Å². The molecule has 1 N–H and O–H groups in total. The lowest BCUT2D eigenvalue weighted by Gasteiger charge is -2.16. The van der Waals surface area contributed by atoms with E-state index in [4.69, 9.17) is 9.31 Å². The molecule has 0 spiro atoms. The fourth-order valence-electron chi connectivity index (χ4n) is 1.29. The number of nitrogens with zero attached hydrogens (tertiary/aromatic N) is 3. The van der Waals surface area contributed by atoms with Crippen molar-refractivity contribution in [1.82, 2.24) is 20.3 Å². The largest absolute Gasteiger partial charge is 0.517 e. The fraction of sp³-hybridized carbons (Fsp3) is 0.714. The molecule has 1 aromatic rings. The zero-order chi connectivity index (χ0) is 9.80. The highest BCUT2D eigenvalue weighted by Crippen LogP contribution is 1.91. The smallest absolute Gasteiger partial charge is 0.405 e. The van der Waals surface area contributed by atoms with Crippen LogP contribution in [0.2, 0.25) is 0 Å². The van der Waals surface area contributed by atoms with E-state index in [1.54, 1.807) is 13.2 Å². The van der Waals surface area contributed by atoms with Crippen LogP contribution in [-0.2, 0) is 16.4 Å². The Kier molecular flexibility index (Phi) is 3.12. The summed E-state index contributed by atoms with van der Waals surface area (Å²) in [5.74, 6) is 0. The lowest BCUT2D eigenvalue weighted by molar-refractivity contribution is 0.187. The van der Waals surface area contributed by atoms with Crippen LogP contribution < -0.4 is 10.9 Å². The van der Waals surface area contributed by atoms with Gasteiger partial charge in [0.1, 0.15) is 5.59 Å². The Morgan fingerprint density at radius 3 is 2.71 bits per heavy atom. The maximum absolute atomic E-state index is 5.48. The van der Waals surface area contributed by atoms with Gasteiger partial charge in [-0.25, -0.2) is 0 Å². The molecule has 0 saturated carbocycles. The van der Waals surface area contributed by atoms with Crippen molar-refractivity contribution in [3.05, 3.63) is 6.20 Å². The summed E-state index contributed by atoms with van der Waals surface area (Å²) in [4.78, 5) is 1.50. The Balaban J connectivity index is 2.00. The first-order valence-corrected chi connectivity index (χ1v) is 4.66. The molecule has 7 heteroatoms. The normalized spacial score (nSPS) is 19.1. The van der Waals surface area contributed by atoms with E-state index in [-0.39, 0.29) is 7.12 Å². The van der Waals surface area contributed by atoms with Crippen LogP contribution in [0, 0.1) is 0 Å². The van der Waals surface area contributed by atoms with E-state index >= 15 is 0 Å². The summed E-state index contributed by atoms with van der Waals surface area (Å²) >= 11 is 0. The molecular weight excluding hydrogens is 183 g/mol. The van der Waals surface area contributed by atoms with Crippen molar-refractivity contribution in [3.8, 4) is 0 Å². The average molecular weight is 196 g/mol. The van der Waals surface area contributed by atoms with Gasteiger partial charge in [-0.05, 0) is 0 Å². The fourth-order valence-corrected chi connectivity index (χ4v) is 1.29. The van der Waals surface area contributed by atoms with Gasteiger partial charge < -0.3 is 14.6 Å². The molecule has 14 heavy (non-hydrogen) atoms. The highest BCUT2D eigenvalue weighted by Gasteiger charge is 2.25. The van der Waals surface area contributed by atoms with Gasteiger partial charge in [0, 0.05) is 33.4 Å². The summed E-state index contributed by atoms with van der Waals surface area (Å²) < 4.78 is 11.0. The third-order valence-electron chi connectivity index (χ3n) is 1.95. The third kappa shape index (κ3) is 2.31. The lowest BCUT2D eigenvalue weighted by atomic mass is 9.85. The molecule has 1 fully saturated rings. The molecule has 0 radical (unpaired) electrons. The van der Waals surface area contributed by atoms with Crippen molar-refractivity contribution in [3.63, 3.8) is 0 Å². The molecule has 76 valence electrons. The first kappa shape index (κ1) is 9.63. The number of hydrogen-bond donors (Lipinski definition) is 1. The van der Waals surface area contributed by atoms with Crippen LogP contribution in [0.5, 0.6) is 0 Å². The molecule has 1 saturated heterocycles. The van der Waals surface area contributed by atoms with Gasteiger partial charge in [-0.15, -0.1) is 0 Å². The minimum Gasteiger partial charge on any atom is -0.405 e. The maximum atomic E-state index is 5.48. The number of rotatable bonds is 1. The molecule has 1 aromatic heterocycles. The van der Waals surface area contributed by atoms with Crippen LogP contribution in [0.15, 0.2) is 6.20 Å². The molecule has 6 nitrogen and oxygen atoms in total.